The van der Waals surface area contributed by atoms with Crippen LogP contribution in [0.3, 0.4) is 0 Å². The number of nitrogens with one attached hydrogen (secondary N) is 1. The summed E-state index contributed by atoms with van der Waals surface area (Å²) in [5.41, 5.74) is -1.43. The van der Waals surface area contributed by atoms with Crippen LogP contribution in [0.15, 0.2) is 35.5 Å². The summed E-state index contributed by atoms with van der Waals surface area (Å²) in [6, 6.07) is 1.88. The van der Waals surface area contributed by atoms with Crippen LogP contribution in [0.5, 0.6) is 0 Å². The molecule has 1 rings (SSSR count). The van der Waals surface area contributed by atoms with Gasteiger partial charge in [-0.25, -0.2) is 8.78 Å². The molecule has 1 N–H and O–H groups in total. The van der Waals surface area contributed by atoms with Crippen LogP contribution in [-0.4, -0.2) is 51.6 Å². The van der Waals surface area contributed by atoms with Gasteiger partial charge in [-0.15, -0.1) is 0 Å². The Bertz CT molecular complexity index is 1080. The Labute approximate surface area is 190 Å². The molecule has 0 aliphatic carbocycles. The van der Waals surface area contributed by atoms with Crippen molar-refractivity contribution in [2.45, 2.75) is 43.0 Å². The average Bonchev–Trinajstić information content (AvgIpc) is 2.75. The highest BCUT2D eigenvalue weighted by molar-refractivity contribution is 5.93. The van der Waals surface area contributed by atoms with Crippen LogP contribution in [0, 0.1) is 20.2 Å². The Kier molecular flexibility index (Phi) is 8.28. The first-order valence-corrected chi connectivity index (χ1v) is 8.64. The Balaban J connectivity index is 3.28. The molecule has 1 aromatic carbocycles. The molecule has 0 saturated carbocycles. The number of hydrazone groups is 1. The molecule has 0 aliphatic heterocycles. The van der Waals surface area contributed by atoms with Crippen LogP contribution in [0.4, 0.5) is 69.7 Å². The Morgan fingerprint density at radius 2 is 1.44 bits per heavy atom. The van der Waals surface area contributed by atoms with Gasteiger partial charge in [0.05, 0.1) is 21.6 Å². The molecule has 0 spiro atoms. The number of allylic oxidation sites excluding steroid dienone is 2. The van der Waals surface area contributed by atoms with E-state index in [1.54, 1.807) is 0 Å². The summed E-state index contributed by atoms with van der Waals surface area (Å²) in [6.45, 7) is 0.673. The van der Waals surface area contributed by atoms with Gasteiger partial charge in [0, 0.05) is 6.07 Å². The molecule has 0 atom stereocenters. The topological polar surface area (TPSA) is 111 Å². The first-order chi connectivity index (χ1) is 16.0. The van der Waals surface area contributed by atoms with Gasteiger partial charge in [0.15, 0.2) is 0 Å². The fourth-order valence-electron chi connectivity index (χ4n) is 2.15. The molecule has 0 aliphatic rings. The molecule has 0 fully saturated rings. The number of hydrogen-bond donors (Lipinski definition) is 1. The zero-order chi connectivity index (χ0) is 28.5. The minimum atomic E-state index is -7.70. The van der Waals surface area contributed by atoms with Gasteiger partial charge in [0.1, 0.15) is 5.69 Å². The molecule has 0 bridgehead atoms. The number of hydrogen-bond acceptors (Lipinski definition) is 6. The Morgan fingerprint density at radius 1 is 0.917 bits per heavy atom. The molecule has 36 heavy (non-hydrogen) atoms. The number of rotatable bonds is 11. The number of halogens is 12. The zero-order valence-electron chi connectivity index (χ0n) is 17.0. The van der Waals surface area contributed by atoms with E-state index in [-0.39, 0.29) is 6.08 Å². The molecule has 0 amide bonds. The van der Waals surface area contributed by atoms with Gasteiger partial charge < -0.3 is 0 Å². The molecule has 1 aromatic rings. The van der Waals surface area contributed by atoms with Crippen molar-refractivity contribution in [3.63, 3.8) is 0 Å². The highest BCUT2D eigenvalue weighted by Gasteiger charge is 2.87. The van der Waals surface area contributed by atoms with Crippen molar-refractivity contribution in [1.29, 1.82) is 0 Å². The third-order valence-electron chi connectivity index (χ3n) is 4.18. The lowest BCUT2D eigenvalue weighted by atomic mass is 9.94. The zero-order valence-corrected chi connectivity index (χ0v) is 17.0. The van der Waals surface area contributed by atoms with Crippen LogP contribution in [-0.2, 0) is 0 Å². The van der Waals surface area contributed by atoms with Crippen LogP contribution in [0.2, 0.25) is 0 Å². The minimum Gasteiger partial charge on any atom is -0.271 e. The molecular weight excluding hydrogens is 540 g/mol. The average molecular weight is 550 g/mol. The van der Waals surface area contributed by atoms with E-state index in [4.69, 9.17) is 0 Å². The maximum atomic E-state index is 13.7. The standard InChI is InChI=1S/C16H10F12N4O4/c1-7(29-30-9-3-2-8(31(33)34)6-10(9)32(35)36)4-5-12(19,20)14(23,24)16(27,28)15(25,26)13(21,22)11(17)18/h2-6,11,30H,1H3/b5-4+,29-7-. The van der Waals surface area contributed by atoms with Crippen LogP contribution < -0.4 is 5.43 Å². The van der Waals surface area contributed by atoms with Crippen molar-refractivity contribution < 1.29 is 62.5 Å². The maximum Gasteiger partial charge on any atom is 0.385 e. The lowest BCUT2D eigenvalue weighted by molar-refractivity contribution is -0.406. The fourth-order valence-corrected chi connectivity index (χ4v) is 2.15. The van der Waals surface area contributed by atoms with Gasteiger partial charge in [0.2, 0.25) is 0 Å². The van der Waals surface area contributed by atoms with E-state index in [9.17, 15) is 72.9 Å². The number of non-ortho nitro benzene ring substituents is 1. The second kappa shape index (κ2) is 9.80. The first kappa shape index (κ1) is 30.4. The highest BCUT2D eigenvalue weighted by Crippen LogP contribution is 2.58. The van der Waals surface area contributed by atoms with Gasteiger partial charge in [-0.05, 0) is 25.1 Å². The number of nitro benzene ring substituents is 2. The summed E-state index contributed by atoms with van der Waals surface area (Å²) in [4.78, 5) is 19.4. The number of nitro groups is 2. The fraction of sp³-hybridized carbons (Fsp3) is 0.438. The molecule has 0 saturated heterocycles. The van der Waals surface area contributed by atoms with E-state index in [1.807, 2.05) is 5.43 Å². The number of anilines is 1. The molecule has 202 valence electrons. The molecule has 8 nitrogen and oxygen atoms in total. The highest BCUT2D eigenvalue weighted by atomic mass is 19.4. The van der Waals surface area contributed by atoms with Crippen molar-refractivity contribution in [1.82, 2.24) is 0 Å². The van der Waals surface area contributed by atoms with Gasteiger partial charge in [-0.3, -0.25) is 25.7 Å². The van der Waals surface area contributed by atoms with E-state index >= 15 is 0 Å². The molecular formula is C16H10F12N4O4. The normalized spacial score (nSPS) is 14.4. The molecule has 20 heteroatoms. The number of alkyl halides is 12. The summed E-state index contributed by atoms with van der Waals surface area (Å²) < 4.78 is 158. The maximum absolute atomic E-state index is 13.7. The lowest BCUT2D eigenvalue weighted by Crippen LogP contribution is -2.68. The molecule has 0 heterocycles. The van der Waals surface area contributed by atoms with Crippen molar-refractivity contribution in [3.05, 3.63) is 50.6 Å². The van der Waals surface area contributed by atoms with Crippen molar-refractivity contribution >= 4 is 22.8 Å². The quantitative estimate of drug-likeness (QED) is 0.151. The SMILES string of the molecule is CC(/C=C/C(F)(F)C(F)(F)C(F)(F)C(F)(F)C(F)(F)C(F)F)=N/Nc1ccc([N+](=O)[O-])cc1[N+](=O)[O-]. The number of nitrogens with zero attached hydrogens (tertiary/aromatic N) is 3. The van der Waals surface area contributed by atoms with Crippen molar-refractivity contribution in [2.24, 2.45) is 5.10 Å². The first-order valence-electron chi connectivity index (χ1n) is 8.64. The van der Waals surface area contributed by atoms with E-state index in [0.717, 1.165) is 6.07 Å². The monoisotopic (exact) mass is 550 g/mol. The summed E-state index contributed by atoms with van der Waals surface area (Å²) in [5.74, 6) is -36.1. The summed E-state index contributed by atoms with van der Waals surface area (Å²) in [7, 11) is 0. The van der Waals surface area contributed by atoms with Crippen LogP contribution >= 0.6 is 0 Å². The summed E-state index contributed by atoms with van der Waals surface area (Å²) >= 11 is 0. The Hall–Kier alpha value is -3.61. The van der Waals surface area contributed by atoms with Gasteiger partial charge in [0.25, 0.3) is 5.69 Å². The third kappa shape index (κ3) is 5.30. The van der Waals surface area contributed by atoms with E-state index in [2.05, 4.69) is 5.10 Å². The van der Waals surface area contributed by atoms with E-state index in [0.29, 0.717) is 19.1 Å². The van der Waals surface area contributed by atoms with Crippen LogP contribution in [0.25, 0.3) is 0 Å². The van der Waals surface area contributed by atoms with Crippen molar-refractivity contribution in [2.75, 3.05) is 5.43 Å². The van der Waals surface area contributed by atoms with Gasteiger partial charge in [-0.1, -0.05) is 0 Å². The predicted octanol–water partition coefficient (Wildman–Crippen LogP) is 6.29. The smallest absolute Gasteiger partial charge is 0.271 e. The largest absolute Gasteiger partial charge is 0.385 e. The number of benzene rings is 1. The molecule has 0 radical (unpaired) electrons. The van der Waals surface area contributed by atoms with E-state index < -0.39 is 74.7 Å². The predicted molar refractivity (Wildman–Crippen MR) is 96.4 cm³/mol. The summed E-state index contributed by atoms with van der Waals surface area (Å²) in [5, 5.41) is 24.8. The molecule has 0 aromatic heterocycles. The second-order valence-electron chi connectivity index (χ2n) is 6.68. The molecule has 0 unspecified atom stereocenters. The Morgan fingerprint density at radius 3 is 1.89 bits per heavy atom. The lowest BCUT2D eigenvalue weighted by Gasteiger charge is -2.38. The summed E-state index contributed by atoms with van der Waals surface area (Å²) in [6.07, 6.45) is -7.03. The third-order valence-corrected chi connectivity index (χ3v) is 4.18. The van der Waals surface area contributed by atoms with Crippen molar-refractivity contribution in [3.8, 4) is 0 Å². The van der Waals surface area contributed by atoms with Crippen LogP contribution in [0.1, 0.15) is 6.92 Å². The van der Waals surface area contributed by atoms with Gasteiger partial charge in [-0.2, -0.15) is 49.0 Å². The second-order valence-corrected chi connectivity index (χ2v) is 6.68. The van der Waals surface area contributed by atoms with Gasteiger partial charge >= 0.3 is 41.7 Å². The minimum absolute atomic E-state index is 0.225. The van der Waals surface area contributed by atoms with E-state index in [1.165, 1.54) is 0 Å².